The molecule has 0 bridgehead atoms. The Labute approximate surface area is 175 Å². The van der Waals surface area contributed by atoms with E-state index in [-0.39, 0.29) is 6.10 Å². The van der Waals surface area contributed by atoms with Gasteiger partial charge in [-0.2, -0.15) is 0 Å². The van der Waals surface area contributed by atoms with E-state index in [1.54, 1.807) is 11.8 Å². The molecule has 2 fully saturated rings. The van der Waals surface area contributed by atoms with E-state index < -0.39 is 0 Å². The van der Waals surface area contributed by atoms with Crippen molar-refractivity contribution in [1.29, 1.82) is 0 Å². The number of benzene rings is 1. The Morgan fingerprint density at radius 2 is 1.96 bits per heavy atom. The van der Waals surface area contributed by atoms with Gasteiger partial charge >= 0.3 is 0 Å². The third-order valence-electron chi connectivity index (χ3n) is 5.60. The highest BCUT2D eigenvalue weighted by molar-refractivity contribution is 7.99. The van der Waals surface area contributed by atoms with E-state index in [4.69, 9.17) is 16.3 Å². The molecule has 1 aromatic heterocycles. The molecule has 4 rings (SSSR count). The summed E-state index contributed by atoms with van der Waals surface area (Å²) >= 11 is 8.05. The first-order chi connectivity index (χ1) is 13.7. The number of ether oxygens (including phenoxy) is 1. The number of nitrogens with one attached hydrogen (secondary N) is 1. The van der Waals surface area contributed by atoms with Crippen molar-refractivity contribution in [3.8, 4) is 11.4 Å². The number of thioether (sulfide) groups is 1. The van der Waals surface area contributed by atoms with E-state index in [9.17, 15) is 5.11 Å². The van der Waals surface area contributed by atoms with Gasteiger partial charge in [-0.3, -0.25) is 4.57 Å². The predicted octanol–water partition coefficient (Wildman–Crippen LogP) is 2.08. The van der Waals surface area contributed by atoms with Crippen LogP contribution in [0.1, 0.15) is 31.7 Å². The fourth-order valence-electron chi connectivity index (χ4n) is 4.12. The molecule has 0 radical (unpaired) electrons. The molecule has 0 amide bonds. The number of hydrogen-bond donors (Lipinski definition) is 2. The lowest BCUT2D eigenvalue weighted by molar-refractivity contribution is -0.910. The van der Waals surface area contributed by atoms with Crippen LogP contribution in [0.2, 0.25) is 5.02 Å². The molecule has 1 aliphatic heterocycles. The van der Waals surface area contributed by atoms with Crippen LogP contribution < -0.4 is 4.90 Å². The first kappa shape index (κ1) is 20.2. The van der Waals surface area contributed by atoms with Crippen LogP contribution >= 0.6 is 23.4 Å². The zero-order valence-corrected chi connectivity index (χ0v) is 17.6. The Kier molecular flexibility index (Phi) is 6.90. The maximum Gasteiger partial charge on any atom is 0.191 e. The summed E-state index contributed by atoms with van der Waals surface area (Å²) in [5, 5.41) is 21.1. The lowest BCUT2D eigenvalue weighted by Gasteiger charge is -2.25. The molecule has 0 unspecified atom stereocenters. The second kappa shape index (κ2) is 9.59. The topological polar surface area (TPSA) is 64.6 Å². The minimum atomic E-state index is -0.365. The van der Waals surface area contributed by atoms with Gasteiger partial charge in [0.2, 0.25) is 0 Å². The van der Waals surface area contributed by atoms with Gasteiger partial charge in [-0.25, -0.2) is 0 Å². The van der Waals surface area contributed by atoms with Gasteiger partial charge in [0.25, 0.3) is 0 Å². The van der Waals surface area contributed by atoms with Crippen LogP contribution in [0.15, 0.2) is 29.4 Å². The van der Waals surface area contributed by atoms with Crippen molar-refractivity contribution in [3.05, 3.63) is 29.3 Å². The smallest absolute Gasteiger partial charge is 0.191 e. The molecule has 6 nitrogen and oxygen atoms in total. The Bertz CT molecular complexity index is 775. The summed E-state index contributed by atoms with van der Waals surface area (Å²) in [6, 6.07) is 8.22. The first-order valence-electron chi connectivity index (χ1n) is 10.1. The van der Waals surface area contributed by atoms with Gasteiger partial charge in [-0.15, -0.1) is 10.2 Å². The molecule has 1 aliphatic carbocycles. The quantitative estimate of drug-likeness (QED) is 0.667. The van der Waals surface area contributed by atoms with Crippen LogP contribution in [0, 0.1) is 0 Å². The van der Waals surface area contributed by atoms with Crippen LogP contribution in [0.3, 0.4) is 0 Å². The summed E-state index contributed by atoms with van der Waals surface area (Å²) < 4.78 is 7.65. The Balaban J connectivity index is 1.49. The van der Waals surface area contributed by atoms with Crippen molar-refractivity contribution in [3.63, 3.8) is 0 Å². The monoisotopic (exact) mass is 423 g/mol. The summed E-state index contributed by atoms with van der Waals surface area (Å²) in [4.78, 5) is 1.41. The number of morpholine rings is 1. The average Bonchev–Trinajstić information content (AvgIpc) is 3.37. The van der Waals surface area contributed by atoms with E-state index in [0.717, 1.165) is 62.2 Å². The zero-order valence-electron chi connectivity index (χ0n) is 16.0. The Morgan fingerprint density at radius 3 is 2.71 bits per heavy atom. The highest BCUT2D eigenvalue weighted by Crippen LogP contribution is 2.38. The lowest BCUT2D eigenvalue weighted by Crippen LogP contribution is -3.15. The molecule has 1 aromatic carbocycles. The van der Waals surface area contributed by atoms with Crippen LogP contribution in [0.25, 0.3) is 11.4 Å². The SMILES string of the molecule is O[C@H](CSc1nnc(-c2ccccc2Cl)n1C1CCCC1)C[NH+]1CCOCC1. The van der Waals surface area contributed by atoms with E-state index in [1.807, 2.05) is 24.3 Å². The number of hydrogen-bond acceptors (Lipinski definition) is 5. The third-order valence-corrected chi connectivity index (χ3v) is 7.02. The number of aromatic nitrogens is 3. The number of quaternary nitrogens is 1. The fraction of sp³-hybridized carbons (Fsp3) is 0.600. The highest BCUT2D eigenvalue weighted by Gasteiger charge is 2.26. The maximum absolute atomic E-state index is 10.5. The van der Waals surface area contributed by atoms with Crippen molar-refractivity contribution >= 4 is 23.4 Å². The molecular weight excluding hydrogens is 396 g/mol. The normalized spacial score (nSPS) is 19.9. The summed E-state index contributed by atoms with van der Waals surface area (Å²) in [6.45, 7) is 4.26. The van der Waals surface area contributed by atoms with E-state index >= 15 is 0 Å². The molecule has 152 valence electrons. The fourth-order valence-corrected chi connectivity index (χ4v) is 5.27. The second-order valence-electron chi connectivity index (χ2n) is 7.63. The minimum absolute atomic E-state index is 0.365. The number of nitrogens with zero attached hydrogens (tertiary/aromatic N) is 3. The largest absolute Gasteiger partial charge is 0.386 e. The van der Waals surface area contributed by atoms with E-state index in [2.05, 4.69) is 14.8 Å². The Morgan fingerprint density at radius 1 is 1.21 bits per heavy atom. The summed E-state index contributed by atoms with van der Waals surface area (Å²) in [5.41, 5.74) is 0.925. The lowest BCUT2D eigenvalue weighted by atomic mass is 10.2. The van der Waals surface area contributed by atoms with Crippen molar-refractivity contribution in [2.75, 3.05) is 38.6 Å². The van der Waals surface area contributed by atoms with Gasteiger partial charge in [-0.05, 0) is 25.0 Å². The van der Waals surface area contributed by atoms with Gasteiger partial charge in [0.1, 0.15) is 25.7 Å². The highest BCUT2D eigenvalue weighted by atomic mass is 35.5. The number of rotatable bonds is 7. The van der Waals surface area contributed by atoms with Crippen molar-refractivity contribution in [2.24, 2.45) is 0 Å². The van der Waals surface area contributed by atoms with Gasteiger partial charge in [0.15, 0.2) is 11.0 Å². The minimum Gasteiger partial charge on any atom is -0.386 e. The molecule has 2 aromatic rings. The first-order valence-corrected chi connectivity index (χ1v) is 11.5. The van der Waals surface area contributed by atoms with Crippen LogP contribution in [0.5, 0.6) is 0 Å². The maximum atomic E-state index is 10.5. The van der Waals surface area contributed by atoms with Crippen LogP contribution in [0.4, 0.5) is 0 Å². The summed E-state index contributed by atoms with van der Waals surface area (Å²) in [7, 11) is 0. The third kappa shape index (κ3) is 4.71. The van der Waals surface area contributed by atoms with E-state index in [0.29, 0.717) is 16.8 Å². The molecule has 8 heteroatoms. The second-order valence-corrected chi connectivity index (χ2v) is 9.02. The van der Waals surface area contributed by atoms with Crippen molar-refractivity contribution < 1.29 is 14.7 Å². The summed E-state index contributed by atoms with van der Waals surface area (Å²) in [5.74, 6) is 1.46. The van der Waals surface area contributed by atoms with Crippen molar-refractivity contribution in [2.45, 2.75) is 43.0 Å². The molecule has 1 saturated carbocycles. The Hall–Kier alpha value is -1.12. The molecule has 0 spiro atoms. The van der Waals surface area contributed by atoms with Gasteiger partial charge in [0.05, 0.1) is 18.2 Å². The van der Waals surface area contributed by atoms with E-state index in [1.165, 1.54) is 17.7 Å². The molecule has 2 N–H and O–H groups in total. The predicted molar refractivity (Wildman–Crippen MR) is 111 cm³/mol. The van der Waals surface area contributed by atoms with Crippen LogP contribution in [-0.2, 0) is 4.74 Å². The number of aliphatic hydroxyl groups excluding tert-OH is 1. The average molecular weight is 424 g/mol. The number of aliphatic hydroxyl groups is 1. The molecule has 1 saturated heterocycles. The number of halogens is 1. The van der Waals surface area contributed by atoms with Gasteiger partial charge < -0.3 is 14.7 Å². The molecule has 28 heavy (non-hydrogen) atoms. The zero-order chi connectivity index (χ0) is 19.3. The van der Waals surface area contributed by atoms with Gasteiger partial charge in [0, 0.05) is 17.4 Å². The molecule has 2 heterocycles. The van der Waals surface area contributed by atoms with Crippen LogP contribution in [-0.4, -0.2) is 64.6 Å². The molecule has 2 aliphatic rings. The summed E-state index contributed by atoms with van der Waals surface area (Å²) in [6.07, 6.45) is 4.39. The van der Waals surface area contributed by atoms with Crippen molar-refractivity contribution in [1.82, 2.24) is 14.8 Å². The van der Waals surface area contributed by atoms with Gasteiger partial charge in [-0.1, -0.05) is 48.3 Å². The molecule has 1 atom stereocenters. The standard InChI is InChI=1S/C20H27ClN4O2S/c21-18-8-4-3-7-17(18)19-22-23-20(25(19)15-5-1-2-6-15)28-14-16(26)13-24-9-11-27-12-10-24/h3-4,7-8,15-16,26H,1-2,5-6,9-14H2/p+1/t16-/m0/s1. The molecular formula is C20H28ClN4O2S+.